The average molecular weight is 357 g/mol. The second-order valence-corrected chi connectivity index (χ2v) is 7.37. The number of nitrogens with two attached hydrogens (primary N) is 1. The van der Waals surface area contributed by atoms with Gasteiger partial charge in [0.15, 0.2) is 0 Å². The van der Waals surface area contributed by atoms with Crippen molar-refractivity contribution in [2.24, 2.45) is 5.92 Å². The number of fused-ring (bicyclic) bond motifs is 1. The molecule has 27 heavy (non-hydrogen) atoms. The molecule has 0 saturated carbocycles. The minimum atomic E-state index is -0.227. The maximum atomic E-state index is 5.58. The van der Waals surface area contributed by atoms with Crippen LogP contribution in [0.25, 0.3) is 22.2 Å². The van der Waals surface area contributed by atoms with E-state index in [2.05, 4.69) is 66.1 Å². The van der Waals surface area contributed by atoms with Gasteiger partial charge >= 0.3 is 0 Å². The van der Waals surface area contributed by atoms with E-state index in [-0.39, 0.29) is 11.4 Å². The summed E-state index contributed by atoms with van der Waals surface area (Å²) in [6.07, 6.45) is 3.50. The number of aromatic nitrogens is 4. The third-order valence-electron chi connectivity index (χ3n) is 5.53. The molecule has 2 aromatic heterocycles. The summed E-state index contributed by atoms with van der Waals surface area (Å²) in [4.78, 5) is 16.6. The minimum absolute atomic E-state index is 0.227. The number of imidazole rings is 1. The molecule has 0 aliphatic heterocycles. The summed E-state index contributed by atoms with van der Waals surface area (Å²) in [6.45, 7) is 6.71. The van der Waals surface area contributed by atoms with Crippen LogP contribution in [-0.4, -0.2) is 19.9 Å². The molecule has 5 heteroatoms. The smallest absolute Gasteiger partial charge is 0.219 e. The Kier molecular flexibility index (Phi) is 4.15. The lowest BCUT2D eigenvalue weighted by atomic mass is 9.72. The molecule has 136 valence electrons. The lowest BCUT2D eigenvalue weighted by molar-refractivity contribution is 0.387. The summed E-state index contributed by atoms with van der Waals surface area (Å²) < 4.78 is 0. The van der Waals surface area contributed by atoms with Gasteiger partial charge in [-0.15, -0.1) is 0 Å². The van der Waals surface area contributed by atoms with Gasteiger partial charge in [0.2, 0.25) is 5.95 Å². The van der Waals surface area contributed by atoms with Crippen molar-refractivity contribution in [1.29, 1.82) is 0 Å². The van der Waals surface area contributed by atoms with E-state index < -0.39 is 0 Å². The van der Waals surface area contributed by atoms with Gasteiger partial charge in [0.25, 0.3) is 0 Å². The van der Waals surface area contributed by atoms with Gasteiger partial charge in [0.1, 0.15) is 5.82 Å². The average Bonchev–Trinajstić information content (AvgIpc) is 3.12. The molecule has 0 fully saturated rings. The number of benzene rings is 2. The predicted molar refractivity (Wildman–Crippen MR) is 109 cm³/mol. The van der Waals surface area contributed by atoms with E-state index in [1.165, 1.54) is 5.56 Å². The quantitative estimate of drug-likeness (QED) is 0.561. The molecule has 0 amide bonds. The van der Waals surface area contributed by atoms with Crippen LogP contribution in [0.3, 0.4) is 0 Å². The SMILES string of the molecule is CC(C)C(C)(c1ccc(-c2cnc(N)nc2)cc1)c1nc2ccccc2[nH]1. The van der Waals surface area contributed by atoms with Crippen LogP contribution in [-0.2, 0) is 5.41 Å². The number of nitrogens with one attached hydrogen (secondary N) is 1. The Balaban J connectivity index is 1.76. The molecule has 2 heterocycles. The fourth-order valence-electron chi connectivity index (χ4n) is 3.44. The van der Waals surface area contributed by atoms with Gasteiger partial charge in [-0.05, 0) is 36.1 Å². The molecule has 0 saturated heterocycles. The number of H-pyrrole nitrogens is 1. The van der Waals surface area contributed by atoms with E-state index in [0.29, 0.717) is 5.92 Å². The molecular weight excluding hydrogens is 334 g/mol. The van der Waals surface area contributed by atoms with E-state index >= 15 is 0 Å². The molecule has 5 nitrogen and oxygen atoms in total. The molecule has 0 radical (unpaired) electrons. The summed E-state index contributed by atoms with van der Waals surface area (Å²) in [6, 6.07) is 16.7. The Labute approximate surface area is 158 Å². The first-order chi connectivity index (χ1) is 13.0. The Bertz CT molecular complexity index is 1030. The molecular formula is C22H23N5. The second kappa shape index (κ2) is 6.50. The highest BCUT2D eigenvalue weighted by Crippen LogP contribution is 2.38. The Morgan fingerprint density at radius 3 is 2.22 bits per heavy atom. The van der Waals surface area contributed by atoms with Crippen LogP contribution >= 0.6 is 0 Å². The van der Waals surface area contributed by atoms with Gasteiger partial charge in [0.05, 0.1) is 16.4 Å². The van der Waals surface area contributed by atoms with Gasteiger partial charge in [-0.1, -0.05) is 50.2 Å². The highest BCUT2D eigenvalue weighted by molar-refractivity contribution is 5.75. The number of anilines is 1. The minimum Gasteiger partial charge on any atom is -0.368 e. The van der Waals surface area contributed by atoms with Crippen LogP contribution in [0, 0.1) is 5.92 Å². The summed E-state index contributed by atoms with van der Waals surface area (Å²) in [5.74, 6) is 1.64. The normalized spacial score (nSPS) is 13.8. The molecule has 2 aromatic carbocycles. The van der Waals surface area contributed by atoms with Gasteiger partial charge in [-0.2, -0.15) is 0 Å². The zero-order valence-corrected chi connectivity index (χ0v) is 15.8. The summed E-state index contributed by atoms with van der Waals surface area (Å²) in [5.41, 5.74) is 10.6. The van der Waals surface area contributed by atoms with E-state index in [1.807, 2.05) is 18.2 Å². The summed E-state index contributed by atoms with van der Waals surface area (Å²) >= 11 is 0. The molecule has 0 spiro atoms. The molecule has 3 N–H and O–H groups in total. The summed E-state index contributed by atoms with van der Waals surface area (Å²) in [7, 11) is 0. The van der Waals surface area contributed by atoms with E-state index in [1.54, 1.807) is 12.4 Å². The van der Waals surface area contributed by atoms with Crippen LogP contribution in [0.4, 0.5) is 5.95 Å². The van der Waals surface area contributed by atoms with E-state index in [4.69, 9.17) is 10.7 Å². The lowest BCUT2D eigenvalue weighted by Gasteiger charge is -2.32. The van der Waals surface area contributed by atoms with Gasteiger partial charge in [0, 0.05) is 18.0 Å². The monoisotopic (exact) mass is 357 g/mol. The number of hydrogen-bond donors (Lipinski definition) is 2. The van der Waals surface area contributed by atoms with Crippen LogP contribution in [0.5, 0.6) is 0 Å². The van der Waals surface area contributed by atoms with Crippen molar-refractivity contribution in [1.82, 2.24) is 19.9 Å². The van der Waals surface area contributed by atoms with E-state index in [9.17, 15) is 0 Å². The van der Waals surface area contributed by atoms with Crippen molar-refractivity contribution in [3.05, 3.63) is 72.3 Å². The first-order valence-electron chi connectivity index (χ1n) is 9.12. The number of rotatable bonds is 4. The topological polar surface area (TPSA) is 80.5 Å². The largest absolute Gasteiger partial charge is 0.368 e. The van der Waals surface area contributed by atoms with Crippen molar-refractivity contribution in [3.63, 3.8) is 0 Å². The van der Waals surface area contributed by atoms with Crippen molar-refractivity contribution >= 4 is 17.0 Å². The zero-order chi connectivity index (χ0) is 19.0. The van der Waals surface area contributed by atoms with Gasteiger partial charge in [-0.25, -0.2) is 15.0 Å². The Morgan fingerprint density at radius 1 is 0.926 bits per heavy atom. The van der Waals surface area contributed by atoms with Gasteiger partial charge in [-0.3, -0.25) is 0 Å². The Morgan fingerprint density at radius 2 is 1.59 bits per heavy atom. The maximum Gasteiger partial charge on any atom is 0.219 e. The van der Waals surface area contributed by atoms with Gasteiger partial charge < -0.3 is 10.7 Å². The standard InChI is InChI=1S/C22H23N5/c1-14(2)22(3,20-26-18-6-4-5-7-19(18)27-20)17-10-8-15(9-11-17)16-12-24-21(23)25-13-16/h4-14H,1-3H3,(H,26,27)(H2,23,24,25). The zero-order valence-electron chi connectivity index (χ0n) is 15.8. The predicted octanol–water partition coefficient (Wildman–Crippen LogP) is 4.56. The molecule has 4 aromatic rings. The molecule has 4 rings (SSSR count). The van der Waals surface area contributed by atoms with Crippen LogP contribution < -0.4 is 5.73 Å². The molecule has 1 unspecified atom stereocenters. The summed E-state index contributed by atoms with van der Waals surface area (Å²) in [5, 5.41) is 0. The van der Waals surface area contributed by atoms with E-state index in [0.717, 1.165) is 28.0 Å². The third-order valence-corrected chi connectivity index (χ3v) is 5.53. The fraction of sp³-hybridized carbons (Fsp3) is 0.227. The first kappa shape index (κ1) is 17.2. The molecule has 0 aliphatic rings. The molecule has 0 aliphatic carbocycles. The van der Waals surface area contributed by atoms with Crippen molar-refractivity contribution in [2.45, 2.75) is 26.2 Å². The fourth-order valence-corrected chi connectivity index (χ4v) is 3.44. The number of hydrogen-bond acceptors (Lipinski definition) is 4. The maximum absolute atomic E-state index is 5.58. The second-order valence-electron chi connectivity index (χ2n) is 7.37. The van der Waals surface area contributed by atoms with Crippen molar-refractivity contribution in [3.8, 4) is 11.1 Å². The highest BCUT2D eigenvalue weighted by atomic mass is 15.0. The number of nitrogens with zero attached hydrogens (tertiary/aromatic N) is 3. The van der Waals surface area contributed by atoms with Crippen molar-refractivity contribution < 1.29 is 0 Å². The number of para-hydroxylation sites is 2. The highest BCUT2D eigenvalue weighted by Gasteiger charge is 2.35. The third kappa shape index (κ3) is 2.95. The van der Waals surface area contributed by atoms with Crippen LogP contribution in [0.15, 0.2) is 60.9 Å². The van der Waals surface area contributed by atoms with Crippen molar-refractivity contribution in [2.75, 3.05) is 5.73 Å². The number of aromatic amines is 1. The molecule has 1 atom stereocenters. The van der Waals surface area contributed by atoms with Crippen LogP contribution in [0.1, 0.15) is 32.2 Å². The number of nitrogen functional groups attached to an aromatic ring is 1. The first-order valence-corrected chi connectivity index (χ1v) is 9.12. The lowest BCUT2D eigenvalue weighted by Crippen LogP contribution is -2.31. The molecule has 0 bridgehead atoms. The Hall–Kier alpha value is -3.21. The van der Waals surface area contributed by atoms with Crippen LogP contribution in [0.2, 0.25) is 0 Å².